The number of piperidine rings is 1. The fourth-order valence-corrected chi connectivity index (χ4v) is 3.84. The fraction of sp³-hybridized carbons (Fsp3) is 0.360. The second-order valence-electron chi connectivity index (χ2n) is 8.21. The van der Waals surface area contributed by atoms with Gasteiger partial charge in [-0.2, -0.15) is 4.98 Å². The van der Waals surface area contributed by atoms with Crippen LogP contribution in [-0.2, 0) is 25.6 Å². The van der Waals surface area contributed by atoms with Gasteiger partial charge in [0.25, 0.3) is 11.9 Å². The minimum Gasteiger partial charge on any atom is -0.465 e. The molecule has 1 N–H and O–H groups in total. The number of hydrogen-bond donors (Lipinski definition) is 1. The van der Waals surface area contributed by atoms with Crippen LogP contribution in [0.4, 0.5) is 6.01 Å². The van der Waals surface area contributed by atoms with E-state index in [1.807, 2.05) is 29.2 Å². The van der Waals surface area contributed by atoms with Crippen molar-refractivity contribution in [1.82, 2.24) is 10.3 Å². The lowest BCUT2D eigenvalue weighted by Crippen LogP contribution is -2.40. The van der Waals surface area contributed by atoms with Gasteiger partial charge in [-0.1, -0.05) is 24.3 Å². The third-order valence-corrected chi connectivity index (χ3v) is 5.89. The van der Waals surface area contributed by atoms with E-state index in [1.54, 1.807) is 31.2 Å². The number of fused-ring (bicyclic) bond motifs is 1. The van der Waals surface area contributed by atoms with Crippen LogP contribution in [0.3, 0.4) is 0 Å². The Morgan fingerprint density at radius 1 is 1.12 bits per heavy atom. The zero-order valence-corrected chi connectivity index (χ0v) is 19.2. The van der Waals surface area contributed by atoms with Crippen LogP contribution >= 0.6 is 0 Å². The Hall–Kier alpha value is -3.88. The highest BCUT2D eigenvalue weighted by Crippen LogP contribution is 2.27. The second kappa shape index (κ2) is 10.4. The van der Waals surface area contributed by atoms with Crippen molar-refractivity contribution in [2.75, 3.05) is 25.1 Å². The Morgan fingerprint density at radius 3 is 2.50 bits per heavy atom. The predicted octanol–water partition coefficient (Wildman–Crippen LogP) is 3.08. The number of hydrogen-bond acceptors (Lipinski definition) is 8. The van der Waals surface area contributed by atoms with E-state index in [9.17, 15) is 14.4 Å². The highest BCUT2D eigenvalue weighted by atomic mass is 16.5. The number of oxazole rings is 1. The monoisotopic (exact) mass is 465 g/mol. The quantitative estimate of drug-likeness (QED) is 0.530. The molecule has 0 aliphatic carbocycles. The van der Waals surface area contributed by atoms with Crippen LogP contribution in [0, 0.1) is 5.92 Å². The minimum absolute atomic E-state index is 0.255. The smallest absolute Gasteiger partial charge is 0.337 e. The Balaban J connectivity index is 1.22. The molecule has 1 atom stereocenters. The first-order chi connectivity index (χ1) is 16.4. The number of nitrogens with zero attached hydrogens (tertiary/aromatic N) is 2. The Kier molecular flexibility index (Phi) is 7.10. The highest BCUT2D eigenvalue weighted by Gasteiger charge is 2.30. The summed E-state index contributed by atoms with van der Waals surface area (Å²) in [6.45, 7) is 3.05. The molecule has 1 amide bonds. The summed E-state index contributed by atoms with van der Waals surface area (Å²) in [7, 11) is 1.32. The van der Waals surface area contributed by atoms with Crippen molar-refractivity contribution >= 4 is 35.0 Å². The summed E-state index contributed by atoms with van der Waals surface area (Å²) in [5, 5.41) is 2.75. The van der Waals surface area contributed by atoms with E-state index in [1.165, 1.54) is 7.11 Å². The molecule has 1 aromatic heterocycles. The first kappa shape index (κ1) is 23.3. The molecule has 0 radical (unpaired) electrons. The van der Waals surface area contributed by atoms with E-state index in [2.05, 4.69) is 15.0 Å². The molecule has 0 bridgehead atoms. The molecule has 0 saturated carbocycles. The molecule has 3 aromatic rings. The summed E-state index contributed by atoms with van der Waals surface area (Å²) < 4.78 is 15.9. The molecule has 34 heavy (non-hydrogen) atoms. The van der Waals surface area contributed by atoms with Crippen LogP contribution < -0.4 is 10.2 Å². The topological polar surface area (TPSA) is 111 Å². The van der Waals surface area contributed by atoms with E-state index >= 15 is 0 Å². The summed E-state index contributed by atoms with van der Waals surface area (Å²) in [6.07, 6.45) is 0.286. The fourth-order valence-electron chi connectivity index (χ4n) is 3.84. The van der Waals surface area contributed by atoms with Gasteiger partial charge >= 0.3 is 11.9 Å². The van der Waals surface area contributed by atoms with Crippen molar-refractivity contribution in [2.45, 2.75) is 32.4 Å². The van der Waals surface area contributed by atoms with Crippen LogP contribution in [0.15, 0.2) is 52.9 Å². The standard InChI is InChI=1S/C25H27N3O6/c1-16(22(29)26-15-17-7-9-18(10-8-17)23(30)32-2)33-24(31)19-11-13-28(14-12-19)25-27-20-5-3-4-6-21(20)34-25/h3-10,16,19H,11-15H2,1-2H3,(H,26,29)/t16-/m1/s1. The molecule has 0 spiro atoms. The molecular weight excluding hydrogens is 438 g/mol. The average Bonchev–Trinajstić information content (AvgIpc) is 3.31. The van der Waals surface area contributed by atoms with Gasteiger partial charge in [0.1, 0.15) is 5.52 Å². The van der Waals surface area contributed by atoms with Gasteiger partial charge in [-0.15, -0.1) is 0 Å². The minimum atomic E-state index is -0.906. The number of methoxy groups -OCH3 is 1. The number of anilines is 1. The van der Waals surface area contributed by atoms with Crippen molar-refractivity contribution in [1.29, 1.82) is 0 Å². The molecule has 9 heteroatoms. The normalized spacial score (nSPS) is 15.1. The lowest BCUT2D eigenvalue weighted by molar-refractivity contribution is -0.159. The Morgan fingerprint density at radius 2 is 1.82 bits per heavy atom. The van der Waals surface area contributed by atoms with Crippen molar-refractivity contribution in [3.63, 3.8) is 0 Å². The number of ether oxygens (including phenoxy) is 2. The summed E-state index contributed by atoms with van der Waals surface area (Å²) in [5.41, 5.74) is 2.78. The first-order valence-corrected chi connectivity index (χ1v) is 11.2. The number of para-hydroxylation sites is 2. The van der Waals surface area contributed by atoms with Crippen molar-refractivity contribution in [2.24, 2.45) is 5.92 Å². The molecule has 4 rings (SSSR count). The molecule has 2 aromatic carbocycles. The van der Waals surface area contributed by atoms with Gasteiger partial charge < -0.3 is 24.1 Å². The third kappa shape index (κ3) is 5.36. The van der Waals surface area contributed by atoms with E-state index in [-0.39, 0.29) is 24.3 Å². The lowest BCUT2D eigenvalue weighted by Gasteiger charge is -2.30. The third-order valence-electron chi connectivity index (χ3n) is 5.89. The summed E-state index contributed by atoms with van der Waals surface area (Å²) in [4.78, 5) is 43.0. The van der Waals surface area contributed by atoms with Gasteiger partial charge in [-0.3, -0.25) is 9.59 Å². The average molecular weight is 466 g/mol. The second-order valence-corrected chi connectivity index (χ2v) is 8.21. The lowest BCUT2D eigenvalue weighted by atomic mass is 9.97. The maximum Gasteiger partial charge on any atom is 0.337 e. The molecule has 2 heterocycles. The van der Waals surface area contributed by atoms with Crippen molar-refractivity contribution in [3.8, 4) is 0 Å². The zero-order chi connectivity index (χ0) is 24.1. The van der Waals surface area contributed by atoms with Crippen LogP contribution in [0.2, 0.25) is 0 Å². The highest BCUT2D eigenvalue weighted by molar-refractivity contribution is 5.89. The van der Waals surface area contributed by atoms with Gasteiger partial charge in [0.05, 0.1) is 18.6 Å². The van der Waals surface area contributed by atoms with Gasteiger partial charge in [-0.05, 0) is 49.6 Å². The first-order valence-electron chi connectivity index (χ1n) is 11.2. The summed E-state index contributed by atoms with van der Waals surface area (Å²) in [6, 6.07) is 14.9. The summed E-state index contributed by atoms with van der Waals surface area (Å²) in [5.74, 6) is -1.45. The predicted molar refractivity (Wildman–Crippen MR) is 124 cm³/mol. The number of esters is 2. The van der Waals surface area contributed by atoms with Gasteiger partial charge in [0.15, 0.2) is 11.7 Å². The number of rotatable bonds is 7. The number of benzene rings is 2. The number of nitrogens with one attached hydrogen (secondary N) is 1. The van der Waals surface area contributed by atoms with Gasteiger partial charge in [0, 0.05) is 19.6 Å². The van der Waals surface area contributed by atoms with Crippen molar-refractivity contribution < 1.29 is 28.3 Å². The van der Waals surface area contributed by atoms with E-state index in [0.717, 1.165) is 16.7 Å². The van der Waals surface area contributed by atoms with E-state index in [4.69, 9.17) is 9.15 Å². The van der Waals surface area contributed by atoms with Crippen LogP contribution in [0.25, 0.3) is 11.1 Å². The largest absolute Gasteiger partial charge is 0.465 e. The molecule has 178 valence electrons. The number of carbonyl (C=O) groups is 3. The molecule has 0 unspecified atom stereocenters. The van der Waals surface area contributed by atoms with E-state index < -0.39 is 12.1 Å². The number of aromatic nitrogens is 1. The molecule has 1 aliphatic heterocycles. The number of carbonyl (C=O) groups excluding carboxylic acids is 3. The molecule has 1 fully saturated rings. The molecule has 1 saturated heterocycles. The Labute approximate surface area is 197 Å². The zero-order valence-electron chi connectivity index (χ0n) is 19.2. The van der Waals surface area contributed by atoms with E-state index in [0.29, 0.717) is 37.5 Å². The molecule has 1 aliphatic rings. The van der Waals surface area contributed by atoms with Gasteiger partial charge in [0.2, 0.25) is 0 Å². The molecule has 9 nitrogen and oxygen atoms in total. The Bertz CT molecular complexity index is 1130. The molecular formula is C25H27N3O6. The van der Waals surface area contributed by atoms with Crippen LogP contribution in [0.5, 0.6) is 0 Å². The van der Waals surface area contributed by atoms with Gasteiger partial charge in [-0.25, -0.2) is 4.79 Å². The van der Waals surface area contributed by atoms with Crippen LogP contribution in [-0.4, -0.2) is 49.1 Å². The maximum atomic E-state index is 12.6. The SMILES string of the molecule is COC(=O)c1ccc(CNC(=O)[C@@H](C)OC(=O)C2CCN(c3nc4ccccc4o3)CC2)cc1. The number of amides is 1. The summed E-state index contributed by atoms with van der Waals surface area (Å²) >= 11 is 0. The maximum absolute atomic E-state index is 12.6. The van der Waals surface area contributed by atoms with Crippen molar-refractivity contribution in [3.05, 3.63) is 59.7 Å². The van der Waals surface area contributed by atoms with Crippen LogP contribution in [0.1, 0.15) is 35.7 Å².